The number of carbonyl (C=O) groups is 1. The molecular weight excluding hydrogens is 484 g/mol. The second kappa shape index (κ2) is 11.2. The number of carbonyl (C=O) groups excluding carboxylic acids is 1. The van der Waals surface area contributed by atoms with Crippen LogP contribution in [0, 0.1) is 0 Å². The molecule has 1 saturated carbocycles. The van der Waals surface area contributed by atoms with Gasteiger partial charge in [0, 0.05) is 50.5 Å². The van der Waals surface area contributed by atoms with Gasteiger partial charge >= 0.3 is 0 Å². The summed E-state index contributed by atoms with van der Waals surface area (Å²) in [7, 11) is 5.21. The van der Waals surface area contributed by atoms with Crippen LogP contribution in [0.1, 0.15) is 30.7 Å². The van der Waals surface area contributed by atoms with Gasteiger partial charge in [-0.2, -0.15) is 4.98 Å². The highest BCUT2D eigenvalue weighted by atomic mass is 35.5. The number of allylic oxidation sites excluding steroid dienone is 2. The van der Waals surface area contributed by atoms with Crippen LogP contribution >= 0.6 is 11.6 Å². The number of aryl methyl sites for hydroxylation is 1. The second-order valence-electron chi connectivity index (χ2n) is 8.72. The average molecular weight is 515 g/mol. The maximum atomic E-state index is 12.1. The summed E-state index contributed by atoms with van der Waals surface area (Å²) >= 11 is 6.58. The van der Waals surface area contributed by atoms with Gasteiger partial charge in [0.25, 0.3) is 5.91 Å². The Morgan fingerprint density at radius 1 is 1.33 bits per heavy atom. The third-order valence-corrected chi connectivity index (χ3v) is 6.66. The summed E-state index contributed by atoms with van der Waals surface area (Å²) in [6.45, 7) is 3.73. The van der Waals surface area contributed by atoms with Crippen molar-refractivity contribution in [3.63, 3.8) is 0 Å². The van der Waals surface area contributed by atoms with Gasteiger partial charge in [0.2, 0.25) is 5.95 Å². The van der Waals surface area contributed by atoms with E-state index in [1.807, 2.05) is 25.3 Å². The van der Waals surface area contributed by atoms with E-state index in [0.717, 1.165) is 16.8 Å². The standard InChI is InChI=1S/C25H31ClN6O4/c1-5-17-18(27-2)7-8-19(23(17)26)29-25-30-24(31-32(25)3)14-6-9-20(21(10-14)35-4)36-13-22(34)28-15-11-16(33)12-15/h5-9,15-16,21,27,33H,1,10-13H2,2-4H3,(H,28,34)(H,29,30,31). The molecular formula is C25H31ClN6O4. The molecule has 0 saturated heterocycles. The first-order valence-corrected chi connectivity index (χ1v) is 12.1. The summed E-state index contributed by atoms with van der Waals surface area (Å²) in [6.07, 6.45) is 6.30. The lowest BCUT2D eigenvalue weighted by atomic mass is 9.89. The monoisotopic (exact) mass is 514 g/mol. The van der Waals surface area contributed by atoms with Crippen molar-refractivity contribution >= 4 is 46.5 Å². The SMILES string of the molecule is C=Cc1c(NC)ccc(Nc2nc(C3=CC=C(OCC(=O)NC4CC(O)C4)C(OC)C3)nn2C)c1Cl. The van der Waals surface area contributed by atoms with Gasteiger partial charge in [-0.1, -0.05) is 30.3 Å². The Balaban J connectivity index is 1.45. The fourth-order valence-electron chi connectivity index (χ4n) is 4.15. The van der Waals surface area contributed by atoms with Gasteiger partial charge in [-0.05, 0) is 31.1 Å². The normalized spacial score (nSPS) is 21.1. The van der Waals surface area contributed by atoms with E-state index in [4.69, 9.17) is 21.1 Å². The smallest absolute Gasteiger partial charge is 0.258 e. The summed E-state index contributed by atoms with van der Waals surface area (Å²) < 4.78 is 13.0. The first kappa shape index (κ1) is 25.7. The molecule has 0 spiro atoms. The van der Waals surface area contributed by atoms with Crippen LogP contribution in [0.3, 0.4) is 0 Å². The van der Waals surface area contributed by atoms with E-state index in [1.54, 1.807) is 31.0 Å². The number of halogens is 1. The lowest BCUT2D eigenvalue weighted by Gasteiger charge is -2.32. The number of benzene rings is 1. The van der Waals surface area contributed by atoms with E-state index >= 15 is 0 Å². The van der Waals surface area contributed by atoms with Crippen LogP contribution in [-0.2, 0) is 21.3 Å². The van der Waals surface area contributed by atoms with Gasteiger partial charge in [-0.15, -0.1) is 5.10 Å². The van der Waals surface area contributed by atoms with E-state index in [0.29, 0.717) is 47.5 Å². The van der Waals surface area contributed by atoms with Crippen LogP contribution in [0.4, 0.5) is 17.3 Å². The van der Waals surface area contributed by atoms with Crippen LogP contribution in [0.2, 0.25) is 5.02 Å². The molecule has 2 aliphatic rings. The predicted octanol–water partition coefficient (Wildman–Crippen LogP) is 3.24. The quantitative estimate of drug-likeness (QED) is 0.381. The molecule has 4 N–H and O–H groups in total. The van der Waals surface area contributed by atoms with Crippen LogP contribution in [0.15, 0.2) is 36.6 Å². The fourth-order valence-corrected chi connectivity index (χ4v) is 4.43. The molecule has 0 radical (unpaired) electrons. The molecule has 1 fully saturated rings. The molecule has 1 unspecified atom stereocenters. The molecule has 1 heterocycles. The summed E-state index contributed by atoms with van der Waals surface area (Å²) in [5, 5.41) is 23.6. The summed E-state index contributed by atoms with van der Waals surface area (Å²) in [5.74, 6) is 1.41. The third-order valence-electron chi connectivity index (χ3n) is 6.25. The number of hydrogen-bond donors (Lipinski definition) is 4. The molecule has 36 heavy (non-hydrogen) atoms. The molecule has 10 nitrogen and oxygen atoms in total. The second-order valence-corrected chi connectivity index (χ2v) is 9.10. The van der Waals surface area contributed by atoms with Gasteiger partial charge in [-0.3, -0.25) is 4.79 Å². The van der Waals surface area contributed by atoms with Gasteiger partial charge < -0.3 is 30.5 Å². The Bertz CT molecular complexity index is 1200. The van der Waals surface area contributed by atoms with Gasteiger partial charge in [0.1, 0.15) is 11.9 Å². The van der Waals surface area contributed by atoms with Crippen LogP contribution < -0.4 is 16.0 Å². The van der Waals surface area contributed by atoms with Gasteiger partial charge in [0.15, 0.2) is 12.4 Å². The minimum absolute atomic E-state index is 0.0127. The number of nitrogens with one attached hydrogen (secondary N) is 3. The number of methoxy groups -OCH3 is 1. The Labute approximate surface area is 215 Å². The highest BCUT2D eigenvalue weighted by molar-refractivity contribution is 6.35. The highest BCUT2D eigenvalue weighted by Gasteiger charge is 2.29. The molecule has 192 valence electrons. The third kappa shape index (κ3) is 5.56. The van der Waals surface area contributed by atoms with Crippen molar-refractivity contribution in [1.29, 1.82) is 0 Å². The van der Waals surface area contributed by atoms with Crippen LogP contribution in [0.5, 0.6) is 0 Å². The van der Waals surface area contributed by atoms with E-state index < -0.39 is 0 Å². The Morgan fingerprint density at radius 2 is 2.08 bits per heavy atom. The zero-order valence-corrected chi connectivity index (χ0v) is 21.3. The Kier molecular flexibility index (Phi) is 7.97. The number of amides is 1. The molecule has 0 aliphatic heterocycles. The Morgan fingerprint density at radius 3 is 2.75 bits per heavy atom. The predicted molar refractivity (Wildman–Crippen MR) is 140 cm³/mol. The van der Waals surface area contributed by atoms with Crippen LogP contribution in [0.25, 0.3) is 11.6 Å². The number of aromatic nitrogens is 3. The molecule has 2 aliphatic carbocycles. The molecule has 1 amide bonds. The van der Waals surface area contributed by atoms with Crippen molar-refractivity contribution in [1.82, 2.24) is 20.1 Å². The number of nitrogens with zero attached hydrogens (tertiary/aromatic N) is 3. The highest BCUT2D eigenvalue weighted by Crippen LogP contribution is 2.35. The number of ether oxygens (including phenoxy) is 2. The van der Waals surface area contributed by atoms with Crippen LogP contribution in [-0.4, -0.2) is 64.8 Å². The molecule has 2 aromatic rings. The largest absolute Gasteiger partial charge is 0.485 e. The summed E-state index contributed by atoms with van der Waals surface area (Å²) in [6, 6.07) is 3.79. The molecule has 1 aromatic carbocycles. The molecule has 11 heteroatoms. The van der Waals surface area contributed by atoms with Crippen molar-refractivity contribution in [2.45, 2.75) is 37.5 Å². The maximum absolute atomic E-state index is 12.1. The average Bonchev–Trinajstić information content (AvgIpc) is 3.22. The van der Waals surface area contributed by atoms with Crippen molar-refractivity contribution < 1.29 is 19.4 Å². The zero-order valence-electron chi connectivity index (χ0n) is 20.5. The number of hydrogen-bond acceptors (Lipinski definition) is 8. The van der Waals surface area contributed by atoms with Crippen molar-refractivity contribution in [3.05, 3.63) is 53.0 Å². The Hall–Kier alpha value is -3.34. The lowest BCUT2D eigenvalue weighted by molar-refractivity contribution is -0.127. The number of rotatable bonds is 10. The van der Waals surface area contributed by atoms with Crippen molar-refractivity contribution in [2.24, 2.45) is 7.05 Å². The van der Waals surface area contributed by atoms with E-state index in [9.17, 15) is 9.90 Å². The molecule has 1 aromatic heterocycles. The number of anilines is 3. The minimum Gasteiger partial charge on any atom is -0.485 e. The van der Waals surface area contributed by atoms with Crippen molar-refractivity contribution in [3.8, 4) is 0 Å². The topological polar surface area (TPSA) is 123 Å². The molecule has 4 rings (SSSR count). The first-order chi connectivity index (χ1) is 17.3. The number of aliphatic hydroxyl groups excluding tert-OH is 1. The first-order valence-electron chi connectivity index (χ1n) is 11.7. The molecule has 1 atom stereocenters. The zero-order chi connectivity index (χ0) is 25.8. The summed E-state index contributed by atoms with van der Waals surface area (Å²) in [4.78, 5) is 16.8. The minimum atomic E-state index is -0.373. The molecule has 0 bridgehead atoms. The van der Waals surface area contributed by atoms with Gasteiger partial charge in [-0.25, -0.2) is 4.68 Å². The van der Waals surface area contributed by atoms with Crippen molar-refractivity contribution in [2.75, 3.05) is 31.4 Å². The fraction of sp³-hybridized carbons (Fsp3) is 0.400. The van der Waals surface area contributed by atoms with E-state index in [-0.39, 0.29) is 30.8 Å². The lowest BCUT2D eigenvalue weighted by Crippen LogP contribution is -2.47. The maximum Gasteiger partial charge on any atom is 0.258 e. The summed E-state index contributed by atoms with van der Waals surface area (Å²) in [5.41, 5.74) is 3.22. The van der Waals surface area contributed by atoms with E-state index in [1.165, 1.54) is 0 Å². The number of aliphatic hydroxyl groups is 1. The van der Waals surface area contributed by atoms with E-state index in [2.05, 4.69) is 32.6 Å². The van der Waals surface area contributed by atoms with Gasteiger partial charge in [0.05, 0.1) is 16.8 Å².